The first kappa shape index (κ1) is 14.2. The van der Waals surface area contributed by atoms with Gasteiger partial charge in [-0.3, -0.25) is 4.99 Å². The maximum Gasteiger partial charge on any atom is 0.156 e. The van der Waals surface area contributed by atoms with E-state index >= 15 is 0 Å². The Balaban J connectivity index is 1.91. The topological polar surface area (TPSA) is 24.4 Å². The minimum absolute atomic E-state index is 0.463. The van der Waals surface area contributed by atoms with Crippen molar-refractivity contribution in [3.63, 3.8) is 0 Å². The van der Waals surface area contributed by atoms with Crippen molar-refractivity contribution < 1.29 is 0 Å². The highest BCUT2D eigenvalue weighted by molar-refractivity contribution is 8.13. The van der Waals surface area contributed by atoms with E-state index in [0.29, 0.717) is 11.5 Å². The third-order valence-electron chi connectivity index (χ3n) is 5.35. The molecule has 0 aromatic heterocycles. The fourth-order valence-electron chi connectivity index (χ4n) is 3.04. The fraction of sp³-hybridized carbons (Fsp3) is 0.933. The summed E-state index contributed by atoms with van der Waals surface area (Å²) in [5.74, 6) is 2.89. The van der Waals surface area contributed by atoms with Crippen molar-refractivity contribution in [2.45, 2.75) is 59.4 Å². The van der Waals surface area contributed by atoms with Crippen LogP contribution in [0.2, 0.25) is 0 Å². The van der Waals surface area contributed by atoms with Crippen molar-refractivity contribution in [1.82, 2.24) is 5.32 Å². The molecule has 1 fully saturated rings. The molecular formula is C15H28N2S. The molecule has 2 rings (SSSR count). The first-order valence-electron chi connectivity index (χ1n) is 7.54. The summed E-state index contributed by atoms with van der Waals surface area (Å²) >= 11 is 1.95. The quantitative estimate of drug-likeness (QED) is 0.839. The number of rotatable bonds is 3. The van der Waals surface area contributed by atoms with Crippen LogP contribution in [0.1, 0.15) is 53.4 Å². The Morgan fingerprint density at radius 3 is 2.44 bits per heavy atom. The molecule has 1 N–H and O–H groups in total. The van der Waals surface area contributed by atoms with E-state index in [1.807, 2.05) is 11.8 Å². The van der Waals surface area contributed by atoms with Gasteiger partial charge in [0.2, 0.25) is 0 Å². The van der Waals surface area contributed by atoms with Crippen LogP contribution in [0.5, 0.6) is 0 Å². The number of hydrogen-bond donors (Lipinski definition) is 1. The van der Waals surface area contributed by atoms with Crippen LogP contribution in [0, 0.1) is 17.3 Å². The summed E-state index contributed by atoms with van der Waals surface area (Å²) in [6.07, 6.45) is 5.19. The molecule has 0 bridgehead atoms. The van der Waals surface area contributed by atoms with E-state index in [9.17, 15) is 0 Å². The molecular weight excluding hydrogens is 240 g/mol. The standard InChI is InChI=1S/C15H28N2S/c1-5-15(6-2)9-16-14(18-10-15)17-13-8-7-11(3)12(13)4/h11-13H,5-10H2,1-4H3,(H,16,17). The van der Waals surface area contributed by atoms with Crippen LogP contribution in [-0.4, -0.2) is 23.5 Å². The maximum absolute atomic E-state index is 4.82. The molecule has 2 aliphatic rings. The van der Waals surface area contributed by atoms with Gasteiger partial charge in [0, 0.05) is 18.3 Å². The highest BCUT2D eigenvalue weighted by Crippen LogP contribution is 2.36. The molecule has 0 spiro atoms. The molecule has 0 saturated heterocycles. The molecule has 104 valence electrons. The minimum Gasteiger partial charge on any atom is -0.362 e. The third-order valence-corrected chi connectivity index (χ3v) is 6.62. The van der Waals surface area contributed by atoms with Crippen LogP contribution in [-0.2, 0) is 0 Å². The molecule has 0 aromatic rings. The zero-order valence-corrected chi connectivity index (χ0v) is 13.1. The average Bonchev–Trinajstić information content (AvgIpc) is 2.72. The zero-order valence-electron chi connectivity index (χ0n) is 12.3. The van der Waals surface area contributed by atoms with Crippen molar-refractivity contribution in [3.8, 4) is 0 Å². The van der Waals surface area contributed by atoms with E-state index in [4.69, 9.17) is 4.99 Å². The second-order valence-corrected chi connectivity index (χ2v) is 7.25. The van der Waals surface area contributed by atoms with Crippen LogP contribution in [0.25, 0.3) is 0 Å². The number of aliphatic imine (C=N–C) groups is 1. The monoisotopic (exact) mass is 268 g/mol. The normalized spacial score (nSPS) is 35.3. The molecule has 3 unspecified atom stereocenters. The van der Waals surface area contributed by atoms with E-state index in [1.165, 1.54) is 36.6 Å². The second kappa shape index (κ2) is 5.85. The van der Waals surface area contributed by atoms with E-state index in [1.54, 1.807) is 0 Å². The molecule has 1 aliphatic carbocycles. The van der Waals surface area contributed by atoms with Gasteiger partial charge in [-0.25, -0.2) is 0 Å². The van der Waals surface area contributed by atoms with Gasteiger partial charge in [0.15, 0.2) is 5.17 Å². The predicted molar refractivity (Wildman–Crippen MR) is 82.3 cm³/mol. The fourth-order valence-corrected chi connectivity index (χ4v) is 4.38. The maximum atomic E-state index is 4.82. The Morgan fingerprint density at radius 1 is 1.28 bits per heavy atom. The van der Waals surface area contributed by atoms with E-state index in [2.05, 4.69) is 33.0 Å². The van der Waals surface area contributed by atoms with Gasteiger partial charge in [-0.15, -0.1) is 0 Å². The molecule has 1 heterocycles. The Kier molecular flexibility index (Phi) is 4.63. The Bertz CT molecular complexity index is 310. The Hall–Kier alpha value is -0.180. The Labute approximate surface area is 116 Å². The van der Waals surface area contributed by atoms with Crippen molar-refractivity contribution in [2.75, 3.05) is 12.3 Å². The summed E-state index contributed by atoms with van der Waals surface area (Å²) in [5.41, 5.74) is 0.463. The number of nitrogens with one attached hydrogen (secondary N) is 1. The first-order chi connectivity index (χ1) is 8.60. The molecule has 18 heavy (non-hydrogen) atoms. The van der Waals surface area contributed by atoms with Gasteiger partial charge in [-0.1, -0.05) is 39.5 Å². The molecule has 3 heteroatoms. The molecule has 0 amide bonds. The summed E-state index contributed by atoms with van der Waals surface area (Å²) in [5, 5.41) is 4.90. The lowest BCUT2D eigenvalue weighted by molar-refractivity contribution is 0.317. The van der Waals surface area contributed by atoms with Gasteiger partial charge < -0.3 is 5.32 Å². The van der Waals surface area contributed by atoms with Gasteiger partial charge in [-0.05, 0) is 42.9 Å². The smallest absolute Gasteiger partial charge is 0.156 e. The number of thioether (sulfide) groups is 1. The van der Waals surface area contributed by atoms with Crippen LogP contribution in [0.4, 0.5) is 0 Å². The number of amidine groups is 1. The highest BCUT2D eigenvalue weighted by Gasteiger charge is 2.33. The van der Waals surface area contributed by atoms with Crippen molar-refractivity contribution in [1.29, 1.82) is 0 Å². The van der Waals surface area contributed by atoms with E-state index in [-0.39, 0.29) is 0 Å². The van der Waals surface area contributed by atoms with Crippen LogP contribution >= 0.6 is 11.8 Å². The molecule has 1 saturated carbocycles. The molecule has 2 nitrogen and oxygen atoms in total. The molecule has 0 radical (unpaired) electrons. The van der Waals surface area contributed by atoms with Crippen molar-refractivity contribution in [2.24, 2.45) is 22.2 Å². The van der Waals surface area contributed by atoms with Gasteiger partial charge >= 0.3 is 0 Å². The molecule has 1 aliphatic heterocycles. The highest BCUT2D eigenvalue weighted by atomic mass is 32.2. The van der Waals surface area contributed by atoms with Crippen LogP contribution < -0.4 is 5.32 Å². The second-order valence-electron chi connectivity index (χ2n) is 6.28. The Morgan fingerprint density at radius 2 is 2.00 bits per heavy atom. The minimum atomic E-state index is 0.463. The zero-order chi connectivity index (χ0) is 13.2. The van der Waals surface area contributed by atoms with Crippen molar-refractivity contribution >= 4 is 16.9 Å². The lowest BCUT2D eigenvalue weighted by Crippen LogP contribution is -2.40. The van der Waals surface area contributed by atoms with Gasteiger partial charge in [0.25, 0.3) is 0 Å². The largest absolute Gasteiger partial charge is 0.362 e. The number of nitrogens with zero attached hydrogens (tertiary/aromatic N) is 1. The summed E-state index contributed by atoms with van der Waals surface area (Å²) < 4.78 is 0. The molecule has 3 atom stereocenters. The van der Waals surface area contributed by atoms with Crippen LogP contribution in [0.15, 0.2) is 4.99 Å². The van der Waals surface area contributed by atoms with E-state index < -0.39 is 0 Å². The van der Waals surface area contributed by atoms with Crippen LogP contribution in [0.3, 0.4) is 0 Å². The summed E-state index contributed by atoms with van der Waals surface area (Å²) in [6.45, 7) is 10.4. The van der Waals surface area contributed by atoms with E-state index in [0.717, 1.165) is 18.4 Å². The summed E-state index contributed by atoms with van der Waals surface area (Å²) in [6, 6.07) is 0.655. The third kappa shape index (κ3) is 2.87. The van der Waals surface area contributed by atoms with Gasteiger partial charge in [-0.2, -0.15) is 0 Å². The summed E-state index contributed by atoms with van der Waals surface area (Å²) in [7, 11) is 0. The molecule has 0 aromatic carbocycles. The lowest BCUT2D eigenvalue weighted by Gasteiger charge is -2.34. The lowest BCUT2D eigenvalue weighted by atomic mass is 9.84. The summed E-state index contributed by atoms with van der Waals surface area (Å²) in [4.78, 5) is 4.82. The van der Waals surface area contributed by atoms with Gasteiger partial charge in [0.1, 0.15) is 0 Å². The predicted octanol–water partition coefficient (Wildman–Crippen LogP) is 3.92. The number of hydrogen-bond acceptors (Lipinski definition) is 3. The average molecular weight is 268 g/mol. The van der Waals surface area contributed by atoms with Gasteiger partial charge in [0.05, 0.1) is 0 Å². The first-order valence-corrected chi connectivity index (χ1v) is 8.52. The van der Waals surface area contributed by atoms with Crippen molar-refractivity contribution in [3.05, 3.63) is 0 Å². The SMILES string of the molecule is CCC1(CC)CN=C(NC2CCC(C)C2C)SC1.